The number of nitrogens with zero attached hydrogens (tertiary/aromatic N) is 4. The van der Waals surface area contributed by atoms with E-state index in [1.54, 1.807) is 6.07 Å². The molecule has 1 amide bonds. The molecule has 0 aliphatic carbocycles. The largest absolute Gasteiger partial charge is 0.418 e. The fraction of sp³-hybridized carbons (Fsp3) is 0.167. The average Bonchev–Trinajstić information content (AvgIpc) is 2.87. The molecule has 10 heteroatoms. The van der Waals surface area contributed by atoms with Gasteiger partial charge in [-0.15, -0.1) is 5.10 Å². The van der Waals surface area contributed by atoms with Crippen LogP contribution in [-0.4, -0.2) is 20.7 Å². The van der Waals surface area contributed by atoms with E-state index >= 15 is 0 Å². The summed E-state index contributed by atoms with van der Waals surface area (Å²) in [5.41, 5.74) is -1.47. The number of rotatable bonds is 3. The fourth-order valence-corrected chi connectivity index (χ4v) is 1.79. The molecule has 0 saturated heterocycles. The Hall–Kier alpha value is -2.60. The van der Waals surface area contributed by atoms with Crippen LogP contribution >= 0.6 is 11.6 Å². The van der Waals surface area contributed by atoms with E-state index in [0.29, 0.717) is 0 Å². The number of amides is 1. The zero-order chi connectivity index (χ0) is 16.3. The number of benzene rings is 1. The van der Waals surface area contributed by atoms with Gasteiger partial charge in [0.25, 0.3) is 5.82 Å². The Labute approximate surface area is 127 Å². The van der Waals surface area contributed by atoms with Gasteiger partial charge in [-0.1, -0.05) is 11.6 Å². The first kappa shape index (κ1) is 15.8. The molecule has 0 bridgehead atoms. The minimum atomic E-state index is -4.66. The Bertz CT molecular complexity index is 750. The van der Waals surface area contributed by atoms with Gasteiger partial charge in [-0.2, -0.15) is 18.4 Å². The van der Waals surface area contributed by atoms with Gasteiger partial charge in [0.2, 0.25) is 5.91 Å². The van der Waals surface area contributed by atoms with Crippen LogP contribution in [0.15, 0.2) is 24.5 Å². The summed E-state index contributed by atoms with van der Waals surface area (Å²) in [5.74, 6) is -0.891. The first-order valence-corrected chi connectivity index (χ1v) is 6.13. The smallest absolute Gasteiger partial charge is 0.324 e. The summed E-state index contributed by atoms with van der Waals surface area (Å²) in [6.07, 6.45) is -3.53. The Kier molecular flexibility index (Phi) is 4.32. The highest BCUT2D eigenvalue weighted by Gasteiger charge is 2.34. The second kappa shape index (κ2) is 6.03. The van der Waals surface area contributed by atoms with Crippen LogP contribution in [0.1, 0.15) is 11.4 Å². The lowest BCUT2D eigenvalue weighted by atomic mass is 10.1. The van der Waals surface area contributed by atoms with Crippen molar-refractivity contribution in [2.75, 3.05) is 5.32 Å². The van der Waals surface area contributed by atoms with Gasteiger partial charge in [0, 0.05) is 5.02 Å². The highest BCUT2D eigenvalue weighted by atomic mass is 35.5. The van der Waals surface area contributed by atoms with Crippen LogP contribution in [0.5, 0.6) is 0 Å². The first-order chi connectivity index (χ1) is 10.3. The van der Waals surface area contributed by atoms with E-state index in [1.165, 1.54) is 6.07 Å². The molecule has 1 aromatic carbocycles. The van der Waals surface area contributed by atoms with Crippen LogP contribution in [0.4, 0.5) is 18.9 Å². The number of aromatic nitrogens is 3. The van der Waals surface area contributed by atoms with Crippen molar-refractivity contribution in [1.29, 1.82) is 5.26 Å². The van der Waals surface area contributed by atoms with Crippen LogP contribution in [0.25, 0.3) is 0 Å². The van der Waals surface area contributed by atoms with Gasteiger partial charge in [0.05, 0.1) is 11.3 Å². The maximum Gasteiger partial charge on any atom is 0.418 e. The average molecular weight is 330 g/mol. The summed E-state index contributed by atoms with van der Waals surface area (Å²) >= 11 is 5.54. The molecule has 2 rings (SSSR count). The molecule has 0 aliphatic rings. The number of hydrogen-bond acceptors (Lipinski definition) is 4. The normalized spacial score (nSPS) is 11.0. The lowest BCUT2D eigenvalue weighted by Gasteiger charge is -2.14. The molecular formula is C12H7ClF3N5O. The van der Waals surface area contributed by atoms with Gasteiger partial charge in [0.1, 0.15) is 18.9 Å². The third-order valence-electron chi connectivity index (χ3n) is 2.50. The Morgan fingerprint density at radius 2 is 2.18 bits per heavy atom. The van der Waals surface area contributed by atoms with E-state index in [1.807, 2.05) is 0 Å². The summed E-state index contributed by atoms with van der Waals surface area (Å²) in [7, 11) is 0. The molecule has 1 N–H and O–H groups in total. The highest BCUT2D eigenvalue weighted by molar-refractivity contribution is 6.30. The Morgan fingerprint density at radius 3 is 2.77 bits per heavy atom. The van der Waals surface area contributed by atoms with Crippen LogP contribution < -0.4 is 5.32 Å². The Balaban J connectivity index is 2.16. The van der Waals surface area contributed by atoms with Crippen molar-refractivity contribution >= 4 is 23.2 Å². The number of alkyl halides is 3. The minimum absolute atomic E-state index is 0.0970. The fourth-order valence-electron chi connectivity index (χ4n) is 1.62. The standard InChI is InChI=1S/C12H7ClF3N5O/c13-7-1-2-9(8(3-7)12(14,15)16)19-11(22)5-21-6-18-10(4-17)20-21/h1-3,6H,5H2,(H,19,22). The lowest BCUT2D eigenvalue weighted by molar-refractivity contribution is -0.137. The number of carbonyl (C=O) groups excluding carboxylic acids is 1. The van der Waals surface area contributed by atoms with Crippen molar-refractivity contribution in [3.05, 3.63) is 40.9 Å². The van der Waals surface area contributed by atoms with Crippen LogP contribution in [-0.2, 0) is 17.5 Å². The SMILES string of the molecule is N#Cc1ncn(CC(=O)Nc2ccc(Cl)cc2C(F)(F)F)n1. The molecule has 1 heterocycles. The van der Waals surface area contributed by atoms with Crippen molar-refractivity contribution in [2.45, 2.75) is 12.7 Å². The van der Waals surface area contributed by atoms with Crippen LogP contribution in [0.2, 0.25) is 5.02 Å². The first-order valence-electron chi connectivity index (χ1n) is 5.76. The summed E-state index contributed by atoms with van der Waals surface area (Å²) in [6.45, 7) is -0.380. The van der Waals surface area contributed by atoms with E-state index in [-0.39, 0.29) is 17.4 Å². The zero-order valence-corrected chi connectivity index (χ0v) is 11.5. The molecule has 22 heavy (non-hydrogen) atoms. The van der Waals surface area contributed by atoms with Gasteiger partial charge < -0.3 is 5.32 Å². The number of nitrogens with one attached hydrogen (secondary N) is 1. The minimum Gasteiger partial charge on any atom is -0.324 e. The number of hydrogen-bond donors (Lipinski definition) is 1. The van der Waals surface area contributed by atoms with E-state index < -0.39 is 23.3 Å². The topological polar surface area (TPSA) is 83.6 Å². The molecule has 0 fully saturated rings. The molecule has 6 nitrogen and oxygen atoms in total. The van der Waals surface area contributed by atoms with Crippen molar-refractivity contribution in [1.82, 2.24) is 14.8 Å². The Morgan fingerprint density at radius 1 is 1.45 bits per heavy atom. The van der Waals surface area contributed by atoms with Gasteiger partial charge >= 0.3 is 6.18 Å². The summed E-state index contributed by atoms with van der Waals surface area (Å²) < 4.78 is 39.7. The van der Waals surface area contributed by atoms with Crippen molar-refractivity contribution in [3.63, 3.8) is 0 Å². The van der Waals surface area contributed by atoms with Gasteiger partial charge in [0.15, 0.2) is 0 Å². The predicted molar refractivity (Wildman–Crippen MR) is 69.8 cm³/mol. The number of halogens is 4. The summed E-state index contributed by atoms with van der Waals surface area (Å²) in [5, 5.41) is 14.2. The number of carbonyl (C=O) groups is 1. The second-order valence-corrected chi connectivity index (χ2v) is 4.55. The monoisotopic (exact) mass is 329 g/mol. The molecule has 0 saturated carbocycles. The molecule has 0 unspecified atom stereocenters. The maximum atomic E-state index is 12.9. The lowest BCUT2D eigenvalue weighted by Crippen LogP contribution is -2.21. The quantitative estimate of drug-likeness (QED) is 0.937. The molecule has 114 valence electrons. The van der Waals surface area contributed by atoms with E-state index in [2.05, 4.69) is 15.4 Å². The molecule has 2 aromatic rings. The molecule has 0 spiro atoms. The van der Waals surface area contributed by atoms with Crippen molar-refractivity contribution in [2.24, 2.45) is 0 Å². The predicted octanol–water partition coefficient (Wildman–Crippen LogP) is 2.46. The van der Waals surface area contributed by atoms with Gasteiger partial charge in [-0.05, 0) is 18.2 Å². The molecule has 0 atom stereocenters. The number of nitriles is 1. The molecule has 0 radical (unpaired) electrons. The maximum absolute atomic E-state index is 12.9. The summed E-state index contributed by atoms with van der Waals surface area (Å²) in [4.78, 5) is 15.3. The number of anilines is 1. The van der Waals surface area contributed by atoms with Crippen LogP contribution in [0.3, 0.4) is 0 Å². The molecule has 1 aromatic heterocycles. The molecular weight excluding hydrogens is 323 g/mol. The van der Waals surface area contributed by atoms with Crippen LogP contribution in [0, 0.1) is 11.3 Å². The highest BCUT2D eigenvalue weighted by Crippen LogP contribution is 2.36. The van der Waals surface area contributed by atoms with E-state index in [9.17, 15) is 18.0 Å². The van der Waals surface area contributed by atoms with Gasteiger partial charge in [-0.25, -0.2) is 9.67 Å². The second-order valence-electron chi connectivity index (χ2n) is 4.11. The van der Waals surface area contributed by atoms with E-state index in [0.717, 1.165) is 23.1 Å². The van der Waals surface area contributed by atoms with E-state index in [4.69, 9.17) is 16.9 Å². The third-order valence-corrected chi connectivity index (χ3v) is 2.74. The summed E-state index contributed by atoms with van der Waals surface area (Å²) in [6, 6.07) is 4.68. The van der Waals surface area contributed by atoms with Crippen molar-refractivity contribution in [3.8, 4) is 6.07 Å². The van der Waals surface area contributed by atoms with Crippen molar-refractivity contribution < 1.29 is 18.0 Å². The third kappa shape index (κ3) is 3.73. The zero-order valence-electron chi connectivity index (χ0n) is 10.7. The van der Waals surface area contributed by atoms with Gasteiger partial charge in [-0.3, -0.25) is 4.79 Å². The molecule has 0 aliphatic heterocycles.